The van der Waals surface area contributed by atoms with E-state index in [1.807, 2.05) is 13.0 Å². The van der Waals surface area contributed by atoms with E-state index in [0.29, 0.717) is 24.5 Å². The Balaban J connectivity index is 1.89. The molecule has 118 valence electrons. The van der Waals surface area contributed by atoms with Crippen LogP contribution in [0.4, 0.5) is 0 Å². The van der Waals surface area contributed by atoms with Gasteiger partial charge in [0.15, 0.2) is 9.84 Å². The van der Waals surface area contributed by atoms with E-state index < -0.39 is 21.3 Å². The molecule has 3 unspecified atom stereocenters. The van der Waals surface area contributed by atoms with Crippen molar-refractivity contribution in [2.45, 2.75) is 36.6 Å². The van der Waals surface area contributed by atoms with Crippen molar-refractivity contribution in [3.63, 3.8) is 0 Å². The van der Waals surface area contributed by atoms with Crippen molar-refractivity contribution in [1.82, 2.24) is 4.90 Å². The molecule has 3 rings (SSSR count). The van der Waals surface area contributed by atoms with Crippen LogP contribution in [0.2, 0.25) is 0 Å². The molecule has 0 saturated carbocycles. The van der Waals surface area contributed by atoms with Crippen LogP contribution in [0.3, 0.4) is 0 Å². The van der Waals surface area contributed by atoms with Gasteiger partial charge in [-0.2, -0.15) is 0 Å². The maximum atomic E-state index is 12.8. The number of benzene rings is 1. The van der Waals surface area contributed by atoms with E-state index in [1.165, 1.54) is 0 Å². The second-order valence-electron chi connectivity index (χ2n) is 5.65. The minimum absolute atomic E-state index is 0.297. The predicted octanol–water partition coefficient (Wildman–Crippen LogP) is 1.67. The summed E-state index contributed by atoms with van der Waals surface area (Å²) in [5.74, 6) is -0.354. The van der Waals surface area contributed by atoms with Crippen molar-refractivity contribution in [2.24, 2.45) is 0 Å². The molecule has 22 heavy (non-hydrogen) atoms. The van der Waals surface area contributed by atoms with Crippen molar-refractivity contribution in [2.75, 3.05) is 13.2 Å². The van der Waals surface area contributed by atoms with Crippen LogP contribution in [0.15, 0.2) is 40.8 Å². The number of hydrogen-bond acceptors (Lipinski definition) is 5. The average Bonchev–Trinajstić information content (AvgIpc) is 3.06. The number of nitrogens with zero attached hydrogens (tertiary/aromatic N) is 1. The SMILES string of the molecule is CCOC(=O)C1C2=CCN1C(S(=O)(=O)c1ccc(C)cc1)C2. The number of fused-ring (bicyclic) bond motifs is 2. The normalized spacial score (nSPS) is 26.8. The Kier molecular flexibility index (Phi) is 3.82. The molecule has 1 fully saturated rings. The molecule has 0 aromatic heterocycles. The Labute approximate surface area is 130 Å². The Bertz CT molecular complexity index is 721. The largest absolute Gasteiger partial charge is 0.465 e. The first-order valence-electron chi connectivity index (χ1n) is 7.37. The number of rotatable bonds is 4. The maximum absolute atomic E-state index is 12.8. The summed E-state index contributed by atoms with van der Waals surface area (Å²) >= 11 is 0. The van der Waals surface area contributed by atoms with Crippen LogP contribution in [0.1, 0.15) is 18.9 Å². The molecule has 2 aliphatic heterocycles. The fourth-order valence-corrected chi connectivity index (χ4v) is 4.94. The summed E-state index contributed by atoms with van der Waals surface area (Å²) in [5.41, 5.74) is 1.87. The quantitative estimate of drug-likeness (QED) is 0.623. The lowest BCUT2D eigenvalue weighted by Gasteiger charge is -2.25. The molecular formula is C16H19NO4S. The molecule has 2 aliphatic rings. The molecule has 1 aromatic rings. The van der Waals surface area contributed by atoms with Gasteiger partial charge in [-0.25, -0.2) is 13.2 Å². The van der Waals surface area contributed by atoms with E-state index in [4.69, 9.17) is 4.74 Å². The molecule has 0 N–H and O–H groups in total. The Morgan fingerprint density at radius 1 is 1.32 bits per heavy atom. The van der Waals surface area contributed by atoms with Crippen LogP contribution < -0.4 is 0 Å². The molecule has 1 saturated heterocycles. The summed E-state index contributed by atoms with van der Waals surface area (Å²) in [6.45, 7) is 4.44. The van der Waals surface area contributed by atoms with Gasteiger partial charge in [0.05, 0.1) is 11.5 Å². The fraction of sp³-hybridized carbons (Fsp3) is 0.438. The molecule has 1 aromatic carbocycles. The van der Waals surface area contributed by atoms with Crippen molar-refractivity contribution >= 4 is 15.8 Å². The number of sulfone groups is 1. The molecule has 5 nitrogen and oxygen atoms in total. The molecule has 3 atom stereocenters. The molecule has 0 spiro atoms. The smallest absolute Gasteiger partial charge is 0.327 e. The first-order valence-corrected chi connectivity index (χ1v) is 8.91. The van der Waals surface area contributed by atoms with Gasteiger partial charge in [0.25, 0.3) is 0 Å². The maximum Gasteiger partial charge on any atom is 0.327 e. The van der Waals surface area contributed by atoms with Crippen molar-refractivity contribution < 1.29 is 17.9 Å². The lowest BCUT2D eigenvalue weighted by atomic mass is 10.1. The fourth-order valence-electron chi connectivity index (χ4n) is 3.13. The number of esters is 1. The minimum atomic E-state index is -3.49. The van der Waals surface area contributed by atoms with Gasteiger partial charge in [-0.3, -0.25) is 4.90 Å². The lowest BCUT2D eigenvalue weighted by molar-refractivity contribution is -0.146. The van der Waals surface area contributed by atoms with Gasteiger partial charge in [0.1, 0.15) is 11.4 Å². The first-order chi connectivity index (χ1) is 10.4. The minimum Gasteiger partial charge on any atom is -0.465 e. The van der Waals surface area contributed by atoms with Crippen LogP contribution in [-0.2, 0) is 19.4 Å². The number of carbonyl (C=O) groups is 1. The highest BCUT2D eigenvalue weighted by Gasteiger charge is 2.50. The predicted molar refractivity (Wildman–Crippen MR) is 82.0 cm³/mol. The van der Waals surface area contributed by atoms with Gasteiger partial charge >= 0.3 is 5.97 Å². The lowest BCUT2D eigenvalue weighted by Crippen LogP contribution is -2.43. The van der Waals surface area contributed by atoms with E-state index >= 15 is 0 Å². The molecule has 0 aliphatic carbocycles. The summed E-state index contributed by atoms with van der Waals surface area (Å²) in [4.78, 5) is 14.1. The molecule has 2 bridgehead atoms. The molecule has 0 radical (unpaired) electrons. The average molecular weight is 321 g/mol. The van der Waals surface area contributed by atoms with Crippen molar-refractivity contribution in [3.8, 4) is 0 Å². The van der Waals surface area contributed by atoms with Gasteiger partial charge in [0, 0.05) is 13.0 Å². The van der Waals surface area contributed by atoms with E-state index in [1.54, 1.807) is 36.1 Å². The number of carbonyl (C=O) groups excluding carboxylic acids is 1. The number of aryl methyl sites for hydroxylation is 1. The van der Waals surface area contributed by atoms with Crippen LogP contribution in [0, 0.1) is 6.92 Å². The highest BCUT2D eigenvalue weighted by Crippen LogP contribution is 2.39. The highest BCUT2D eigenvalue weighted by atomic mass is 32.2. The van der Waals surface area contributed by atoms with Crippen molar-refractivity contribution in [1.29, 1.82) is 0 Å². The van der Waals surface area contributed by atoms with Crippen LogP contribution in [0.5, 0.6) is 0 Å². The third-order valence-electron chi connectivity index (χ3n) is 4.24. The van der Waals surface area contributed by atoms with Gasteiger partial charge in [-0.15, -0.1) is 0 Å². The zero-order chi connectivity index (χ0) is 15.9. The Morgan fingerprint density at radius 3 is 2.64 bits per heavy atom. The first kappa shape index (κ1) is 15.2. The van der Waals surface area contributed by atoms with E-state index in [9.17, 15) is 13.2 Å². The monoisotopic (exact) mass is 321 g/mol. The standard InChI is InChI=1S/C16H19NO4S/c1-3-21-16(18)15-12-8-9-17(15)14(10-12)22(19,20)13-6-4-11(2)5-7-13/h4-8,14-15H,3,9-10H2,1-2H3. The summed E-state index contributed by atoms with van der Waals surface area (Å²) < 4.78 is 30.8. The Morgan fingerprint density at radius 2 is 2.00 bits per heavy atom. The van der Waals surface area contributed by atoms with Gasteiger partial charge < -0.3 is 4.74 Å². The second kappa shape index (κ2) is 5.52. The summed E-state index contributed by atoms with van der Waals surface area (Å²) in [5, 5.41) is -0.676. The van der Waals surface area contributed by atoms with E-state index in [-0.39, 0.29) is 5.97 Å². The van der Waals surface area contributed by atoms with E-state index in [2.05, 4.69) is 0 Å². The molecule has 2 heterocycles. The zero-order valence-corrected chi connectivity index (χ0v) is 13.5. The molecular weight excluding hydrogens is 302 g/mol. The third-order valence-corrected chi connectivity index (χ3v) is 6.33. The zero-order valence-electron chi connectivity index (χ0n) is 12.7. The van der Waals surface area contributed by atoms with E-state index in [0.717, 1.165) is 11.1 Å². The number of ether oxygens (including phenoxy) is 1. The second-order valence-corrected chi connectivity index (χ2v) is 7.75. The van der Waals surface area contributed by atoms with Crippen LogP contribution in [0.25, 0.3) is 0 Å². The van der Waals surface area contributed by atoms with Gasteiger partial charge in [0.2, 0.25) is 0 Å². The van der Waals surface area contributed by atoms with Crippen molar-refractivity contribution in [3.05, 3.63) is 41.5 Å². The van der Waals surface area contributed by atoms with Gasteiger partial charge in [-0.1, -0.05) is 23.8 Å². The van der Waals surface area contributed by atoms with Crippen LogP contribution in [-0.4, -0.2) is 43.9 Å². The third kappa shape index (κ3) is 2.36. The highest BCUT2D eigenvalue weighted by molar-refractivity contribution is 7.92. The molecule has 0 amide bonds. The molecule has 6 heteroatoms. The summed E-state index contributed by atoms with van der Waals surface area (Å²) in [7, 11) is -3.49. The van der Waals surface area contributed by atoms with Gasteiger partial charge in [-0.05, 0) is 31.6 Å². The Hall–Kier alpha value is -1.66. The number of hydrogen-bond donors (Lipinski definition) is 0. The summed E-state index contributed by atoms with van der Waals surface area (Å²) in [6, 6.07) is 6.30. The topological polar surface area (TPSA) is 63.7 Å². The van der Waals surface area contributed by atoms with Crippen LogP contribution >= 0.6 is 0 Å². The summed E-state index contributed by atoms with van der Waals surface area (Å²) in [6.07, 6.45) is 2.31.